The second kappa shape index (κ2) is 7.75. The highest BCUT2D eigenvalue weighted by atomic mass is 16.2. The smallest absolute Gasteiger partial charge is 0.253 e. The summed E-state index contributed by atoms with van der Waals surface area (Å²) < 4.78 is 0. The zero-order chi connectivity index (χ0) is 17.7. The topological polar surface area (TPSA) is 75.4 Å². The van der Waals surface area contributed by atoms with E-state index in [-0.39, 0.29) is 11.8 Å². The van der Waals surface area contributed by atoms with Crippen LogP contribution in [-0.2, 0) is 11.2 Å². The van der Waals surface area contributed by atoms with Gasteiger partial charge in [0.15, 0.2) is 0 Å². The quantitative estimate of drug-likeness (QED) is 0.885. The maximum atomic E-state index is 12.2. The normalized spacial score (nSPS) is 11.7. The third-order valence-electron chi connectivity index (χ3n) is 3.77. The van der Waals surface area contributed by atoms with Gasteiger partial charge in [-0.2, -0.15) is 0 Å². The molecule has 2 rings (SSSR count). The monoisotopic (exact) mass is 325 g/mol. The molecule has 2 aromatic rings. The maximum absolute atomic E-state index is 12.2. The van der Waals surface area contributed by atoms with Gasteiger partial charge in [-0.3, -0.25) is 9.59 Å². The van der Waals surface area contributed by atoms with Gasteiger partial charge in [-0.15, -0.1) is 0 Å². The maximum Gasteiger partial charge on any atom is 0.253 e. The number of anilines is 1. The Hall–Kier alpha value is -2.66. The Morgan fingerprint density at radius 3 is 2.38 bits per heavy atom. The summed E-state index contributed by atoms with van der Waals surface area (Å²) in [4.78, 5) is 25.8. The zero-order valence-electron chi connectivity index (χ0n) is 14.2. The van der Waals surface area contributed by atoms with Gasteiger partial charge in [0, 0.05) is 25.3 Å². The molecule has 24 heavy (non-hydrogen) atoms. The van der Waals surface area contributed by atoms with Crippen molar-refractivity contribution in [1.29, 1.82) is 0 Å². The summed E-state index contributed by atoms with van der Waals surface area (Å²) in [6.45, 7) is 1.84. The number of hydrogen-bond acceptors (Lipinski definition) is 3. The van der Waals surface area contributed by atoms with Crippen LogP contribution < -0.4 is 11.1 Å². The molecule has 0 aliphatic carbocycles. The number of benzene rings is 2. The zero-order valence-corrected chi connectivity index (χ0v) is 14.2. The molecule has 2 aromatic carbocycles. The van der Waals surface area contributed by atoms with E-state index >= 15 is 0 Å². The lowest BCUT2D eigenvalue weighted by molar-refractivity contribution is -0.117. The van der Waals surface area contributed by atoms with Crippen molar-refractivity contribution < 1.29 is 9.59 Å². The van der Waals surface area contributed by atoms with Crippen molar-refractivity contribution in [2.75, 3.05) is 19.4 Å². The van der Waals surface area contributed by atoms with E-state index in [1.807, 2.05) is 37.3 Å². The summed E-state index contributed by atoms with van der Waals surface area (Å²) in [7, 11) is 3.42. The van der Waals surface area contributed by atoms with Gasteiger partial charge in [0.1, 0.15) is 0 Å². The number of amides is 2. The number of carbonyl (C=O) groups is 2. The molecule has 0 aromatic heterocycles. The van der Waals surface area contributed by atoms with Gasteiger partial charge < -0.3 is 16.0 Å². The number of nitrogens with two attached hydrogens (primary N) is 1. The van der Waals surface area contributed by atoms with E-state index in [0.717, 1.165) is 11.1 Å². The van der Waals surface area contributed by atoms with E-state index in [4.69, 9.17) is 5.73 Å². The van der Waals surface area contributed by atoms with E-state index in [9.17, 15) is 9.59 Å². The summed E-state index contributed by atoms with van der Waals surface area (Å²) in [5, 5.41) is 2.81. The van der Waals surface area contributed by atoms with E-state index < -0.39 is 6.04 Å². The van der Waals surface area contributed by atoms with E-state index in [2.05, 4.69) is 5.32 Å². The van der Waals surface area contributed by atoms with Crippen LogP contribution in [0.25, 0.3) is 0 Å². The molecule has 0 saturated carbocycles. The molecule has 0 heterocycles. The molecule has 0 spiro atoms. The second-order valence-electron chi connectivity index (χ2n) is 6.01. The van der Waals surface area contributed by atoms with Gasteiger partial charge in [0.05, 0.1) is 6.04 Å². The fourth-order valence-electron chi connectivity index (χ4n) is 2.42. The third kappa shape index (κ3) is 4.43. The average Bonchev–Trinajstić information content (AvgIpc) is 2.55. The molecule has 5 heteroatoms. The summed E-state index contributed by atoms with van der Waals surface area (Å²) in [5.41, 5.74) is 9.06. The number of hydrogen-bond donors (Lipinski definition) is 2. The molecule has 0 saturated heterocycles. The standard InChI is InChI=1S/C19H23N3O2/c1-13-11-15(9-10-16(13)19(24)22(2)3)21-18(23)17(20)12-14-7-5-4-6-8-14/h4-11,17H,12,20H2,1-3H3,(H,21,23)/t17-/m0/s1. The van der Waals surface area contributed by atoms with Crippen LogP contribution >= 0.6 is 0 Å². The van der Waals surface area contributed by atoms with Gasteiger partial charge in [-0.1, -0.05) is 30.3 Å². The Morgan fingerprint density at radius 1 is 1.12 bits per heavy atom. The predicted molar refractivity (Wildman–Crippen MR) is 95.9 cm³/mol. The van der Waals surface area contributed by atoms with Crippen LogP contribution in [0.5, 0.6) is 0 Å². The van der Waals surface area contributed by atoms with Crippen molar-refractivity contribution in [2.24, 2.45) is 5.73 Å². The third-order valence-corrected chi connectivity index (χ3v) is 3.77. The number of aryl methyl sites for hydroxylation is 1. The van der Waals surface area contributed by atoms with Gasteiger partial charge in [-0.25, -0.2) is 0 Å². The lowest BCUT2D eigenvalue weighted by Crippen LogP contribution is -2.37. The first-order valence-corrected chi connectivity index (χ1v) is 7.81. The molecule has 0 aliphatic rings. The first-order valence-electron chi connectivity index (χ1n) is 7.81. The molecule has 0 radical (unpaired) electrons. The van der Waals surface area contributed by atoms with Crippen molar-refractivity contribution in [3.63, 3.8) is 0 Å². The van der Waals surface area contributed by atoms with Crippen molar-refractivity contribution in [2.45, 2.75) is 19.4 Å². The fourth-order valence-corrected chi connectivity index (χ4v) is 2.42. The number of carbonyl (C=O) groups excluding carboxylic acids is 2. The van der Waals surface area contributed by atoms with Crippen LogP contribution in [0.1, 0.15) is 21.5 Å². The van der Waals surface area contributed by atoms with Crippen LogP contribution in [0.2, 0.25) is 0 Å². The van der Waals surface area contributed by atoms with Crippen LogP contribution in [0.3, 0.4) is 0 Å². The van der Waals surface area contributed by atoms with Gasteiger partial charge in [0.2, 0.25) is 5.91 Å². The number of nitrogens with one attached hydrogen (secondary N) is 1. The Balaban J connectivity index is 2.04. The van der Waals surface area contributed by atoms with E-state index in [0.29, 0.717) is 17.7 Å². The minimum atomic E-state index is -0.629. The average molecular weight is 325 g/mol. The first-order chi connectivity index (χ1) is 11.4. The molecule has 3 N–H and O–H groups in total. The number of nitrogens with zero attached hydrogens (tertiary/aromatic N) is 1. The molecule has 0 fully saturated rings. The second-order valence-corrected chi connectivity index (χ2v) is 6.01. The minimum Gasteiger partial charge on any atom is -0.345 e. The molecule has 1 atom stereocenters. The van der Waals surface area contributed by atoms with Crippen LogP contribution in [0, 0.1) is 6.92 Å². The Bertz CT molecular complexity index is 727. The summed E-state index contributed by atoms with van der Waals surface area (Å²) in [6, 6.07) is 14.2. The summed E-state index contributed by atoms with van der Waals surface area (Å²) in [5.74, 6) is -0.309. The lowest BCUT2D eigenvalue weighted by atomic mass is 10.0. The van der Waals surface area contributed by atoms with E-state index in [1.54, 1.807) is 32.3 Å². The molecular weight excluding hydrogens is 302 g/mol. The Labute approximate surface area is 142 Å². The molecule has 0 bridgehead atoms. The summed E-state index contributed by atoms with van der Waals surface area (Å²) in [6.07, 6.45) is 0.475. The highest BCUT2D eigenvalue weighted by Crippen LogP contribution is 2.17. The van der Waals surface area contributed by atoms with Crippen LogP contribution in [-0.4, -0.2) is 36.9 Å². The SMILES string of the molecule is Cc1cc(NC(=O)[C@@H](N)Cc2ccccc2)ccc1C(=O)N(C)C. The van der Waals surface area contributed by atoms with Gasteiger partial charge in [0.25, 0.3) is 5.91 Å². The first kappa shape index (κ1) is 17.7. The van der Waals surface area contributed by atoms with Crippen molar-refractivity contribution in [3.8, 4) is 0 Å². The fraction of sp³-hybridized carbons (Fsp3) is 0.263. The molecular formula is C19H23N3O2. The molecule has 0 aliphatic heterocycles. The minimum absolute atomic E-state index is 0.0637. The molecule has 2 amide bonds. The lowest BCUT2D eigenvalue weighted by Gasteiger charge is -2.15. The van der Waals surface area contributed by atoms with Crippen LogP contribution in [0.15, 0.2) is 48.5 Å². The molecule has 5 nitrogen and oxygen atoms in total. The molecule has 126 valence electrons. The highest BCUT2D eigenvalue weighted by molar-refractivity contribution is 5.98. The molecule has 0 unspecified atom stereocenters. The Morgan fingerprint density at radius 2 is 1.79 bits per heavy atom. The predicted octanol–water partition coefficient (Wildman–Crippen LogP) is 2.21. The summed E-state index contributed by atoms with van der Waals surface area (Å²) >= 11 is 0. The van der Waals surface area contributed by atoms with Gasteiger partial charge in [-0.05, 0) is 42.7 Å². The highest BCUT2D eigenvalue weighted by Gasteiger charge is 2.16. The van der Waals surface area contributed by atoms with Crippen LogP contribution in [0.4, 0.5) is 5.69 Å². The number of rotatable bonds is 5. The van der Waals surface area contributed by atoms with Crippen molar-refractivity contribution in [1.82, 2.24) is 4.90 Å². The van der Waals surface area contributed by atoms with Gasteiger partial charge >= 0.3 is 0 Å². The van der Waals surface area contributed by atoms with E-state index in [1.165, 1.54) is 4.90 Å². The largest absolute Gasteiger partial charge is 0.345 e. The van der Waals surface area contributed by atoms with Crippen molar-refractivity contribution >= 4 is 17.5 Å². The van der Waals surface area contributed by atoms with Crippen molar-refractivity contribution in [3.05, 3.63) is 65.2 Å². The Kier molecular flexibility index (Phi) is 5.71.